The Bertz CT molecular complexity index is 582. The minimum atomic E-state index is -0.0840. The number of hydrogen-bond donors (Lipinski definition) is 1. The minimum absolute atomic E-state index is 0.00278. The van der Waals surface area contributed by atoms with Crippen molar-refractivity contribution in [1.82, 2.24) is 0 Å². The van der Waals surface area contributed by atoms with Gasteiger partial charge in [0.15, 0.2) is 0 Å². The van der Waals surface area contributed by atoms with Crippen molar-refractivity contribution in [3.05, 3.63) is 50.1 Å². The molecule has 0 aliphatic rings. The molecule has 0 spiro atoms. The predicted molar refractivity (Wildman–Crippen MR) is 89.6 cm³/mol. The zero-order valence-electron chi connectivity index (χ0n) is 12.0. The van der Waals surface area contributed by atoms with E-state index in [1.807, 2.05) is 18.2 Å². The second-order valence-electron chi connectivity index (χ2n) is 4.97. The van der Waals surface area contributed by atoms with Gasteiger partial charge in [0, 0.05) is 20.3 Å². The molecule has 0 aliphatic heterocycles. The molecule has 2 nitrogen and oxygen atoms in total. The van der Waals surface area contributed by atoms with Crippen LogP contribution in [0.5, 0.6) is 5.75 Å². The number of thiophene rings is 1. The Labute approximate surface area is 133 Å². The lowest BCUT2D eigenvalue weighted by Crippen LogP contribution is -2.30. The maximum atomic E-state index is 6.25. The van der Waals surface area contributed by atoms with Crippen molar-refractivity contribution in [2.45, 2.75) is 39.3 Å². The van der Waals surface area contributed by atoms with Gasteiger partial charge in [0.2, 0.25) is 0 Å². The first-order valence-electron chi connectivity index (χ1n) is 6.76. The van der Waals surface area contributed by atoms with E-state index >= 15 is 0 Å². The largest absolute Gasteiger partial charge is 0.483 e. The molecule has 0 fully saturated rings. The number of halogens is 1. The summed E-state index contributed by atoms with van der Waals surface area (Å²) in [5, 5.41) is 0. The van der Waals surface area contributed by atoms with Gasteiger partial charge >= 0.3 is 0 Å². The van der Waals surface area contributed by atoms with Crippen LogP contribution in [0.2, 0.25) is 0 Å². The highest BCUT2D eigenvalue weighted by molar-refractivity contribution is 9.10. The average Bonchev–Trinajstić information content (AvgIpc) is 2.85. The molecule has 20 heavy (non-hydrogen) atoms. The Balaban J connectivity index is 2.25. The lowest BCUT2D eigenvalue weighted by atomic mass is 10.1. The van der Waals surface area contributed by atoms with Gasteiger partial charge in [-0.2, -0.15) is 0 Å². The van der Waals surface area contributed by atoms with Gasteiger partial charge in [-0.1, -0.05) is 22.9 Å². The topological polar surface area (TPSA) is 35.2 Å². The lowest BCUT2D eigenvalue weighted by molar-refractivity contribution is 0.174. The van der Waals surface area contributed by atoms with Gasteiger partial charge in [-0.25, -0.2) is 0 Å². The Hall–Kier alpha value is -0.840. The van der Waals surface area contributed by atoms with E-state index in [0.717, 1.165) is 22.2 Å². The number of ether oxygens (including phenoxy) is 1. The molecule has 2 N–H and O–H groups in total. The smallest absolute Gasteiger partial charge is 0.148 e. The van der Waals surface area contributed by atoms with Crippen LogP contribution in [0.15, 0.2) is 34.8 Å². The third-order valence-corrected chi connectivity index (χ3v) is 5.25. The van der Waals surface area contributed by atoms with Gasteiger partial charge < -0.3 is 10.5 Å². The zero-order valence-corrected chi connectivity index (χ0v) is 14.4. The molecule has 1 heterocycles. The van der Waals surface area contributed by atoms with Crippen LogP contribution in [0.25, 0.3) is 0 Å². The van der Waals surface area contributed by atoms with E-state index in [1.165, 1.54) is 9.75 Å². The second-order valence-corrected chi connectivity index (χ2v) is 7.14. The fourth-order valence-electron chi connectivity index (χ4n) is 2.01. The third kappa shape index (κ3) is 3.62. The average molecular weight is 354 g/mol. The summed E-state index contributed by atoms with van der Waals surface area (Å²) in [5.74, 6) is 0.866. The van der Waals surface area contributed by atoms with Crippen LogP contribution in [0.4, 0.5) is 0 Å². The van der Waals surface area contributed by atoms with Crippen LogP contribution in [0, 0.1) is 13.8 Å². The maximum Gasteiger partial charge on any atom is 0.148 e. The van der Waals surface area contributed by atoms with Gasteiger partial charge in [-0.3, -0.25) is 0 Å². The predicted octanol–water partition coefficient (Wildman–Crippen LogP) is 4.98. The summed E-state index contributed by atoms with van der Waals surface area (Å²) in [6, 6.07) is 10.3. The Kier molecular flexibility index (Phi) is 5.24. The summed E-state index contributed by atoms with van der Waals surface area (Å²) in [6.07, 6.45) is 0.802. The number of rotatable bonds is 5. The van der Waals surface area contributed by atoms with Crippen LogP contribution < -0.4 is 10.5 Å². The van der Waals surface area contributed by atoms with E-state index in [0.29, 0.717) is 0 Å². The molecule has 2 unspecified atom stereocenters. The molecule has 1 aromatic carbocycles. The number of aryl methyl sites for hydroxylation is 2. The molecule has 0 bridgehead atoms. The highest BCUT2D eigenvalue weighted by Crippen LogP contribution is 2.31. The molecule has 108 valence electrons. The Morgan fingerprint density at radius 2 is 2.00 bits per heavy atom. The van der Waals surface area contributed by atoms with Crippen LogP contribution in [0.3, 0.4) is 0 Å². The molecule has 0 aliphatic carbocycles. The van der Waals surface area contributed by atoms with Crippen molar-refractivity contribution in [3.8, 4) is 5.75 Å². The molecule has 1 aromatic heterocycles. The van der Waals surface area contributed by atoms with Crippen molar-refractivity contribution in [2.24, 2.45) is 5.73 Å². The van der Waals surface area contributed by atoms with E-state index in [1.54, 1.807) is 11.3 Å². The molecule has 0 radical (unpaired) electrons. The maximum absolute atomic E-state index is 6.25. The minimum Gasteiger partial charge on any atom is -0.483 e. The molecule has 4 heteroatoms. The first-order valence-corrected chi connectivity index (χ1v) is 8.37. The number of hydrogen-bond acceptors (Lipinski definition) is 3. The van der Waals surface area contributed by atoms with Crippen LogP contribution >= 0.6 is 27.3 Å². The van der Waals surface area contributed by atoms with Crippen molar-refractivity contribution in [3.63, 3.8) is 0 Å². The molecule has 0 saturated heterocycles. The lowest BCUT2D eigenvalue weighted by Gasteiger charge is -2.23. The summed E-state index contributed by atoms with van der Waals surface area (Å²) in [4.78, 5) is 2.47. The summed E-state index contributed by atoms with van der Waals surface area (Å²) in [6.45, 7) is 6.25. The number of nitrogens with two attached hydrogens (primary N) is 1. The van der Waals surface area contributed by atoms with E-state index in [-0.39, 0.29) is 12.1 Å². The quantitative estimate of drug-likeness (QED) is 0.821. The SMILES string of the molecule is CCC(N)C(Oc1ccc(Br)c(C)c1)c1ccc(C)s1. The molecule has 2 rings (SSSR count). The van der Waals surface area contributed by atoms with E-state index in [4.69, 9.17) is 10.5 Å². The van der Waals surface area contributed by atoms with Crippen LogP contribution in [-0.4, -0.2) is 6.04 Å². The van der Waals surface area contributed by atoms with E-state index in [9.17, 15) is 0 Å². The van der Waals surface area contributed by atoms with Gasteiger partial charge in [0.05, 0.1) is 0 Å². The van der Waals surface area contributed by atoms with Crippen molar-refractivity contribution >= 4 is 27.3 Å². The Morgan fingerprint density at radius 3 is 2.55 bits per heavy atom. The summed E-state index contributed by atoms with van der Waals surface area (Å²) in [5.41, 5.74) is 7.41. The van der Waals surface area contributed by atoms with Gasteiger partial charge in [0.1, 0.15) is 11.9 Å². The summed E-state index contributed by atoms with van der Waals surface area (Å²) in [7, 11) is 0. The molecule has 2 atom stereocenters. The fourth-order valence-corrected chi connectivity index (χ4v) is 3.24. The molecule has 2 aromatic rings. The highest BCUT2D eigenvalue weighted by Gasteiger charge is 2.22. The van der Waals surface area contributed by atoms with Gasteiger partial charge in [-0.05, 0) is 56.2 Å². The van der Waals surface area contributed by atoms with Crippen LogP contribution in [0.1, 0.15) is 34.8 Å². The van der Waals surface area contributed by atoms with Gasteiger partial charge in [-0.15, -0.1) is 11.3 Å². The first kappa shape index (κ1) is 15.5. The monoisotopic (exact) mass is 353 g/mol. The molecular weight excluding hydrogens is 334 g/mol. The standard InChI is InChI=1S/C16H20BrNOS/c1-4-14(18)16(15-8-5-11(3)20-15)19-12-6-7-13(17)10(2)9-12/h5-9,14,16H,4,18H2,1-3H3. The normalized spacial score (nSPS) is 14.1. The number of benzene rings is 1. The molecule has 0 saturated carbocycles. The van der Waals surface area contributed by atoms with E-state index < -0.39 is 0 Å². The first-order chi connectivity index (χ1) is 9.51. The molecule has 0 amide bonds. The second kappa shape index (κ2) is 6.74. The zero-order chi connectivity index (χ0) is 14.7. The Morgan fingerprint density at radius 1 is 1.25 bits per heavy atom. The highest BCUT2D eigenvalue weighted by atomic mass is 79.9. The van der Waals surface area contributed by atoms with Crippen molar-refractivity contribution < 1.29 is 4.74 Å². The van der Waals surface area contributed by atoms with Crippen LogP contribution in [-0.2, 0) is 0 Å². The third-order valence-electron chi connectivity index (χ3n) is 3.29. The summed E-state index contributed by atoms with van der Waals surface area (Å²) >= 11 is 5.26. The fraction of sp³-hybridized carbons (Fsp3) is 0.375. The van der Waals surface area contributed by atoms with Crippen molar-refractivity contribution in [2.75, 3.05) is 0 Å². The van der Waals surface area contributed by atoms with Crippen molar-refractivity contribution in [1.29, 1.82) is 0 Å². The molecular formula is C16H20BrNOS. The van der Waals surface area contributed by atoms with E-state index in [2.05, 4.69) is 48.8 Å². The van der Waals surface area contributed by atoms with Gasteiger partial charge in [0.25, 0.3) is 0 Å². The summed E-state index contributed by atoms with van der Waals surface area (Å²) < 4.78 is 7.26.